The molecule has 0 N–H and O–H groups in total. The number of benzene rings is 2. The molecule has 0 heteroatoms. The zero-order chi connectivity index (χ0) is 12.3. The molecule has 0 amide bonds. The molecular weight excluding hydrogens is 204 g/mol. The average Bonchev–Trinajstić information content (AvgIpc) is 2.33. The molecule has 0 bridgehead atoms. The largest absolute Gasteiger partial charge is 0.0591 e. The van der Waals surface area contributed by atoms with Crippen LogP contribution >= 0.6 is 0 Å². The van der Waals surface area contributed by atoms with Gasteiger partial charge in [0, 0.05) is 0 Å². The standard InChI is InChI=1S/C17H19/c1-13-7-9-16(10-8-13)11-12-17-6-4-5-14(2)15(17)3/h4-5,7-10H,11-12H2,1-3H3. The van der Waals surface area contributed by atoms with Gasteiger partial charge in [0.25, 0.3) is 0 Å². The van der Waals surface area contributed by atoms with Crippen LogP contribution in [0.4, 0.5) is 0 Å². The predicted molar refractivity (Wildman–Crippen MR) is 73.3 cm³/mol. The lowest BCUT2D eigenvalue weighted by atomic mass is 9.97. The lowest BCUT2D eigenvalue weighted by Crippen LogP contribution is -1.96. The van der Waals surface area contributed by atoms with Gasteiger partial charge >= 0.3 is 0 Å². The van der Waals surface area contributed by atoms with E-state index in [-0.39, 0.29) is 0 Å². The van der Waals surface area contributed by atoms with Gasteiger partial charge in [-0.05, 0) is 61.9 Å². The Morgan fingerprint density at radius 2 is 1.59 bits per heavy atom. The van der Waals surface area contributed by atoms with E-state index in [0.29, 0.717) is 0 Å². The number of aryl methyl sites for hydroxylation is 4. The fraction of sp³-hybridized carbons (Fsp3) is 0.294. The molecule has 0 aromatic heterocycles. The van der Waals surface area contributed by atoms with Gasteiger partial charge in [0.2, 0.25) is 0 Å². The third kappa shape index (κ3) is 2.97. The molecule has 0 aliphatic carbocycles. The highest BCUT2D eigenvalue weighted by molar-refractivity contribution is 5.33. The van der Waals surface area contributed by atoms with Gasteiger partial charge < -0.3 is 0 Å². The van der Waals surface area contributed by atoms with E-state index in [2.05, 4.69) is 57.2 Å². The SMILES string of the molecule is Cc1ccc(CCc2[c]ccc(C)c2C)cc1. The first-order chi connectivity index (χ1) is 8.16. The van der Waals surface area contributed by atoms with Gasteiger partial charge in [-0.1, -0.05) is 42.0 Å². The number of hydrogen-bond acceptors (Lipinski definition) is 0. The van der Waals surface area contributed by atoms with Crippen LogP contribution in [-0.4, -0.2) is 0 Å². The van der Waals surface area contributed by atoms with Gasteiger partial charge in [0.1, 0.15) is 0 Å². The Hall–Kier alpha value is -1.56. The third-order valence-electron chi connectivity index (χ3n) is 3.42. The number of hydrogen-bond donors (Lipinski definition) is 0. The average molecular weight is 223 g/mol. The van der Waals surface area contributed by atoms with Crippen LogP contribution in [0, 0.1) is 26.8 Å². The molecule has 0 saturated carbocycles. The Bertz CT molecular complexity index is 492. The molecule has 2 rings (SSSR count). The molecule has 0 atom stereocenters. The smallest absolute Gasteiger partial charge is 0.0146 e. The topological polar surface area (TPSA) is 0 Å². The van der Waals surface area contributed by atoms with Crippen LogP contribution < -0.4 is 0 Å². The van der Waals surface area contributed by atoms with E-state index in [0.717, 1.165) is 12.8 Å². The lowest BCUT2D eigenvalue weighted by Gasteiger charge is -2.08. The van der Waals surface area contributed by atoms with E-state index in [1.807, 2.05) is 6.07 Å². The maximum Gasteiger partial charge on any atom is -0.0146 e. The van der Waals surface area contributed by atoms with E-state index >= 15 is 0 Å². The van der Waals surface area contributed by atoms with Crippen molar-refractivity contribution in [3.05, 3.63) is 70.3 Å². The summed E-state index contributed by atoms with van der Waals surface area (Å²) >= 11 is 0. The summed E-state index contributed by atoms with van der Waals surface area (Å²) in [6.45, 7) is 6.48. The molecule has 0 aliphatic heterocycles. The third-order valence-corrected chi connectivity index (χ3v) is 3.42. The van der Waals surface area contributed by atoms with Crippen molar-refractivity contribution in [3.63, 3.8) is 0 Å². The van der Waals surface area contributed by atoms with Gasteiger partial charge in [0.15, 0.2) is 0 Å². The highest BCUT2D eigenvalue weighted by Gasteiger charge is 2.01. The van der Waals surface area contributed by atoms with Crippen molar-refractivity contribution < 1.29 is 0 Å². The van der Waals surface area contributed by atoms with Crippen molar-refractivity contribution in [1.82, 2.24) is 0 Å². The molecule has 0 aliphatic rings. The molecule has 0 unspecified atom stereocenters. The monoisotopic (exact) mass is 223 g/mol. The zero-order valence-corrected chi connectivity index (χ0v) is 10.9. The summed E-state index contributed by atoms with van der Waals surface area (Å²) in [6, 6.07) is 16.3. The van der Waals surface area contributed by atoms with Gasteiger partial charge in [-0.3, -0.25) is 0 Å². The summed E-state index contributed by atoms with van der Waals surface area (Å²) in [5.41, 5.74) is 6.84. The molecule has 87 valence electrons. The molecule has 17 heavy (non-hydrogen) atoms. The molecule has 1 radical (unpaired) electrons. The summed E-state index contributed by atoms with van der Waals surface area (Å²) in [4.78, 5) is 0. The van der Waals surface area contributed by atoms with Crippen molar-refractivity contribution in [3.8, 4) is 0 Å². The van der Waals surface area contributed by atoms with E-state index in [4.69, 9.17) is 0 Å². The van der Waals surface area contributed by atoms with Crippen LogP contribution in [0.1, 0.15) is 27.8 Å². The van der Waals surface area contributed by atoms with Crippen molar-refractivity contribution in [2.45, 2.75) is 33.6 Å². The zero-order valence-electron chi connectivity index (χ0n) is 10.9. The second-order valence-corrected chi connectivity index (χ2v) is 4.75. The fourth-order valence-electron chi connectivity index (χ4n) is 2.02. The van der Waals surface area contributed by atoms with Crippen molar-refractivity contribution in [2.24, 2.45) is 0 Å². The van der Waals surface area contributed by atoms with Crippen molar-refractivity contribution in [1.29, 1.82) is 0 Å². The Balaban J connectivity index is 2.07. The van der Waals surface area contributed by atoms with Crippen LogP contribution in [0.5, 0.6) is 0 Å². The van der Waals surface area contributed by atoms with Crippen LogP contribution in [0.25, 0.3) is 0 Å². The fourth-order valence-corrected chi connectivity index (χ4v) is 2.02. The summed E-state index contributed by atoms with van der Waals surface area (Å²) < 4.78 is 0. The molecule has 0 spiro atoms. The maximum absolute atomic E-state index is 3.36. The Kier molecular flexibility index (Phi) is 3.63. The van der Waals surface area contributed by atoms with E-state index in [9.17, 15) is 0 Å². The van der Waals surface area contributed by atoms with E-state index < -0.39 is 0 Å². The van der Waals surface area contributed by atoms with Crippen LogP contribution in [0.15, 0.2) is 36.4 Å². The second-order valence-electron chi connectivity index (χ2n) is 4.75. The van der Waals surface area contributed by atoms with Gasteiger partial charge in [-0.15, -0.1) is 0 Å². The molecule has 0 saturated heterocycles. The quantitative estimate of drug-likeness (QED) is 0.731. The van der Waals surface area contributed by atoms with Crippen LogP contribution in [0.2, 0.25) is 0 Å². The molecule has 0 nitrogen and oxygen atoms in total. The maximum atomic E-state index is 3.36. The minimum atomic E-state index is 1.08. The highest BCUT2D eigenvalue weighted by atomic mass is 14.1. The van der Waals surface area contributed by atoms with Gasteiger partial charge in [0.05, 0.1) is 0 Å². The normalized spacial score (nSPS) is 10.5. The minimum Gasteiger partial charge on any atom is -0.0591 e. The highest BCUT2D eigenvalue weighted by Crippen LogP contribution is 2.15. The summed E-state index contributed by atoms with van der Waals surface area (Å²) in [5.74, 6) is 0. The predicted octanol–water partition coefficient (Wildman–Crippen LogP) is 4.20. The molecule has 2 aromatic rings. The van der Waals surface area contributed by atoms with Crippen molar-refractivity contribution in [2.75, 3.05) is 0 Å². The van der Waals surface area contributed by atoms with Crippen molar-refractivity contribution >= 4 is 0 Å². The first-order valence-electron chi connectivity index (χ1n) is 6.19. The lowest BCUT2D eigenvalue weighted by molar-refractivity contribution is 0.942. The Labute approximate surface area is 104 Å². The Morgan fingerprint density at radius 3 is 2.29 bits per heavy atom. The van der Waals surface area contributed by atoms with Gasteiger partial charge in [-0.2, -0.15) is 0 Å². The molecular formula is C17H19. The summed E-state index contributed by atoms with van der Waals surface area (Å²) in [5, 5.41) is 0. The van der Waals surface area contributed by atoms with E-state index in [1.54, 1.807) is 0 Å². The second kappa shape index (κ2) is 5.18. The first kappa shape index (κ1) is 11.9. The molecule has 0 heterocycles. The Morgan fingerprint density at radius 1 is 0.882 bits per heavy atom. The van der Waals surface area contributed by atoms with E-state index in [1.165, 1.54) is 27.8 Å². The molecule has 2 aromatic carbocycles. The summed E-state index contributed by atoms with van der Waals surface area (Å²) in [6.07, 6.45) is 2.18. The van der Waals surface area contributed by atoms with Crippen LogP contribution in [0.3, 0.4) is 0 Å². The van der Waals surface area contributed by atoms with Crippen LogP contribution in [-0.2, 0) is 12.8 Å². The first-order valence-corrected chi connectivity index (χ1v) is 6.19. The number of rotatable bonds is 3. The molecule has 0 fully saturated rings. The summed E-state index contributed by atoms with van der Waals surface area (Å²) in [7, 11) is 0. The van der Waals surface area contributed by atoms with Gasteiger partial charge in [-0.25, -0.2) is 0 Å². The minimum absolute atomic E-state index is 1.08.